The van der Waals surface area contributed by atoms with Crippen LogP contribution >= 0.6 is 24.4 Å². The predicted octanol–water partition coefficient (Wildman–Crippen LogP) is 8.65. The van der Waals surface area contributed by atoms with Crippen molar-refractivity contribution in [1.29, 1.82) is 0 Å². The Kier molecular flexibility index (Phi) is 15.3. The fourth-order valence-corrected chi connectivity index (χ4v) is 6.98. The first-order valence-corrected chi connectivity index (χ1v) is 16.4. The van der Waals surface area contributed by atoms with Crippen molar-refractivity contribution in [3.63, 3.8) is 0 Å². The molecule has 1 aliphatic carbocycles. The predicted molar refractivity (Wildman–Crippen MR) is 180 cm³/mol. The van der Waals surface area contributed by atoms with Crippen LogP contribution in [0.25, 0.3) is 0 Å². The molecule has 41 heavy (non-hydrogen) atoms. The third-order valence-electron chi connectivity index (χ3n) is 7.12. The number of hydrogen-bond acceptors (Lipinski definition) is 7. The number of aryl methyl sites for hydroxylation is 1. The van der Waals surface area contributed by atoms with Gasteiger partial charge in [0, 0.05) is 28.6 Å². The van der Waals surface area contributed by atoms with Crippen LogP contribution < -0.4 is 10.1 Å². The van der Waals surface area contributed by atoms with Crippen LogP contribution in [0, 0.1) is 0 Å². The maximum Gasteiger partial charge on any atom is 0.167 e. The summed E-state index contributed by atoms with van der Waals surface area (Å²) >= 11 is 6.23. The van der Waals surface area contributed by atoms with E-state index >= 15 is 0 Å². The number of hydrogen-bond donors (Lipinski definition) is 3. The number of thioether (sulfide) groups is 1. The van der Waals surface area contributed by atoms with Crippen LogP contribution in [-0.2, 0) is 11.2 Å². The molecule has 0 radical (unpaired) electrons. The van der Waals surface area contributed by atoms with Crippen LogP contribution in [-0.4, -0.2) is 40.1 Å². The Morgan fingerprint density at radius 2 is 2.02 bits per heavy atom. The Balaban J connectivity index is 0.00000110. The number of nitrogens with zero attached hydrogens (tertiary/aromatic N) is 1. The molecule has 3 atom stereocenters. The van der Waals surface area contributed by atoms with Gasteiger partial charge in [0.25, 0.3) is 0 Å². The first-order chi connectivity index (χ1) is 19.9. The fourth-order valence-electron chi connectivity index (χ4n) is 5.18. The summed E-state index contributed by atoms with van der Waals surface area (Å²) in [5, 5.41) is 14.5. The van der Waals surface area contributed by atoms with Gasteiger partial charge in [-0.1, -0.05) is 69.7 Å². The number of ether oxygens (including phenoxy) is 1. The minimum Gasteiger partial charge on any atom is -0.507 e. The molecule has 2 N–H and O–H groups in total. The molecule has 1 aromatic rings. The zero-order valence-corrected chi connectivity index (χ0v) is 27.3. The number of phenolic OH excluding ortho intramolecular Hbond substituents is 1. The van der Waals surface area contributed by atoms with E-state index in [1.807, 2.05) is 44.0 Å². The van der Waals surface area contributed by atoms with E-state index in [9.17, 15) is 9.90 Å². The standard InChI is InChI=1S/C29H38N2O3S2.C3H6.C2H6/c1-4-5-6-10-21-15-24(33)27(22-11-7-9-19(2)14-22)25(16-21)34-13-8-12-30-17-26-23(18-32)31-20(3)28(35)29(31)36-26;1-3-2;1-2/h8,12,14-16,18,22,28-30,33,35H,3-7,9-11,13,17H2,1-2H3;3H,1H2,2H3;1-2H3/b12-8+;;. The molecule has 7 heteroatoms. The molecule has 4 rings (SSSR count). The average Bonchev–Trinajstić information content (AvgIpc) is 3.31. The van der Waals surface area contributed by atoms with Gasteiger partial charge in [-0.05, 0) is 75.9 Å². The third kappa shape index (κ3) is 9.24. The van der Waals surface area contributed by atoms with Gasteiger partial charge in [0.05, 0.1) is 10.9 Å². The van der Waals surface area contributed by atoms with Crippen molar-refractivity contribution in [1.82, 2.24) is 10.2 Å². The van der Waals surface area contributed by atoms with Gasteiger partial charge in [0.15, 0.2) is 6.29 Å². The van der Waals surface area contributed by atoms with E-state index < -0.39 is 0 Å². The van der Waals surface area contributed by atoms with Crippen LogP contribution in [0.5, 0.6) is 11.5 Å². The molecule has 0 spiro atoms. The molecule has 2 heterocycles. The molecule has 3 aliphatic rings. The molecule has 1 aromatic carbocycles. The lowest BCUT2D eigenvalue weighted by molar-refractivity contribution is -0.106. The summed E-state index contributed by atoms with van der Waals surface area (Å²) in [5.41, 5.74) is 4.98. The number of aromatic hydroxyl groups is 1. The number of fused-ring (bicyclic) bond motifs is 1. The number of aldehydes is 1. The molecule has 1 saturated heterocycles. The first kappa shape index (κ1) is 34.7. The number of benzene rings is 1. The summed E-state index contributed by atoms with van der Waals surface area (Å²) in [6, 6.07) is 4.04. The normalized spacial score (nSPS) is 21.1. The lowest BCUT2D eigenvalue weighted by Crippen LogP contribution is -2.49. The highest BCUT2D eigenvalue weighted by Gasteiger charge is 2.48. The molecule has 5 nitrogen and oxygen atoms in total. The molecular formula is C34H50N2O3S2. The van der Waals surface area contributed by atoms with Crippen molar-refractivity contribution in [2.75, 3.05) is 13.2 Å². The van der Waals surface area contributed by atoms with Gasteiger partial charge in [0.1, 0.15) is 23.5 Å². The Morgan fingerprint density at radius 1 is 1.29 bits per heavy atom. The van der Waals surface area contributed by atoms with E-state index in [4.69, 9.17) is 4.74 Å². The van der Waals surface area contributed by atoms with Gasteiger partial charge >= 0.3 is 0 Å². The smallest absolute Gasteiger partial charge is 0.167 e. The number of allylic oxidation sites excluding steroid dienone is 4. The van der Waals surface area contributed by atoms with Crippen LogP contribution in [0.15, 0.2) is 71.6 Å². The topological polar surface area (TPSA) is 61.8 Å². The van der Waals surface area contributed by atoms with Crippen molar-refractivity contribution in [3.05, 3.63) is 82.7 Å². The second-order valence-electron chi connectivity index (χ2n) is 10.2. The Bertz CT molecular complexity index is 1130. The lowest BCUT2D eigenvalue weighted by atomic mass is 9.84. The van der Waals surface area contributed by atoms with Crippen LogP contribution in [0.2, 0.25) is 0 Å². The number of thiol groups is 1. The summed E-state index contributed by atoms with van der Waals surface area (Å²) in [5.74, 6) is 1.31. The zero-order chi connectivity index (χ0) is 30.4. The van der Waals surface area contributed by atoms with Crippen molar-refractivity contribution in [2.45, 2.75) is 96.1 Å². The van der Waals surface area contributed by atoms with E-state index in [0.29, 0.717) is 24.6 Å². The highest BCUT2D eigenvalue weighted by atomic mass is 32.2. The van der Waals surface area contributed by atoms with E-state index in [0.717, 1.165) is 65.9 Å². The second kappa shape index (κ2) is 18.1. The van der Waals surface area contributed by atoms with Gasteiger partial charge in [-0.3, -0.25) is 4.79 Å². The lowest BCUT2D eigenvalue weighted by Gasteiger charge is -2.44. The monoisotopic (exact) mass is 598 g/mol. The molecule has 0 amide bonds. The summed E-state index contributed by atoms with van der Waals surface area (Å²) in [6.07, 6.45) is 16.4. The van der Waals surface area contributed by atoms with E-state index in [2.05, 4.69) is 57.1 Å². The third-order valence-corrected chi connectivity index (χ3v) is 9.27. The van der Waals surface area contributed by atoms with Gasteiger partial charge < -0.3 is 20.1 Å². The largest absolute Gasteiger partial charge is 0.507 e. The number of nitrogens with one attached hydrogen (secondary N) is 1. The molecule has 0 saturated carbocycles. The Morgan fingerprint density at radius 3 is 2.68 bits per heavy atom. The van der Waals surface area contributed by atoms with Crippen molar-refractivity contribution in [2.24, 2.45) is 0 Å². The van der Waals surface area contributed by atoms with Crippen molar-refractivity contribution < 1.29 is 14.6 Å². The Labute approximate surface area is 258 Å². The average molecular weight is 599 g/mol. The molecule has 226 valence electrons. The zero-order valence-electron chi connectivity index (χ0n) is 25.6. The minimum atomic E-state index is 0.0949. The van der Waals surface area contributed by atoms with Crippen LogP contribution in [0.4, 0.5) is 0 Å². The summed E-state index contributed by atoms with van der Waals surface area (Å²) in [4.78, 5) is 14.6. The quantitative estimate of drug-likeness (QED) is 0.0969. The second-order valence-corrected chi connectivity index (χ2v) is 12.0. The van der Waals surface area contributed by atoms with Crippen LogP contribution in [0.3, 0.4) is 0 Å². The maximum absolute atomic E-state index is 11.6. The molecule has 0 aromatic heterocycles. The number of carbonyl (C=O) groups is 1. The summed E-state index contributed by atoms with van der Waals surface area (Å²) < 4.78 is 6.22. The molecule has 2 aliphatic heterocycles. The minimum absolute atomic E-state index is 0.0949. The van der Waals surface area contributed by atoms with Crippen molar-refractivity contribution >= 4 is 30.7 Å². The van der Waals surface area contributed by atoms with Gasteiger partial charge in [-0.2, -0.15) is 12.6 Å². The maximum atomic E-state index is 11.6. The number of phenols is 1. The molecule has 0 bridgehead atoms. The van der Waals surface area contributed by atoms with E-state index in [-0.39, 0.29) is 16.5 Å². The van der Waals surface area contributed by atoms with Gasteiger partial charge in [-0.25, -0.2) is 0 Å². The highest BCUT2D eigenvalue weighted by molar-refractivity contribution is 8.04. The molecular weight excluding hydrogens is 549 g/mol. The number of unbranched alkanes of at least 4 members (excludes halogenated alkanes) is 2. The van der Waals surface area contributed by atoms with E-state index in [1.54, 1.807) is 17.8 Å². The molecule has 1 fully saturated rings. The van der Waals surface area contributed by atoms with Gasteiger partial charge in [0.2, 0.25) is 0 Å². The highest BCUT2D eigenvalue weighted by Crippen LogP contribution is 2.51. The Hall–Kier alpha value is -2.51. The summed E-state index contributed by atoms with van der Waals surface area (Å²) in [7, 11) is 0. The van der Waals surface area contributed by atoms with Crippen molar-refractivity contribution in [3.8, 4) is 11.5 Å². The summed E-state index contributed by atoms with van der Waals surface area (Å²) in [6.45, 7) is 18.6. The number of carbonyl (C=O) groups excluding carboxylic acids is 1. The number of rotatable bonds is 12. The SMILES string of the molecule is C=C1C(S)C2SC(CN/C=C/COc3cc(CCCCC)cc(O)c3C3C=C(C)CCC3)=C(C=O)N12.C=CC.CC. The van der Waals surface area contributed by atoms with Crippen LogP contribution in [0.1, 0.15) is 90.2 Å². The first-order valence-electron chi connectivity index (χ1n) is 15.0. The fraction of sp³-hybridized carbons (Fsp3) is 0.500. The van der Waals surface area contributed by atoms with Gasteiger partial charge in [-0.15, -0.1) is 6.58 Å². The van der Waals surface area contributed by atoms with E-state index in [1.165, 1.54) is 18.4 Å². The molecule has 3 unspecified atom stereocenters.